The summed E-state index contributed by atoms with van der Waals surface area (Å²) in [6.07, 6.45) is 3.30. The Balaban J connectivity index is 0.000000440. The number of pyridine rings is 1. The summed E-state index contributed by atoms with van der Waals surface area (Å²) in [5, 5.41) is 17.7. The molecule has 0 amide bonds. The molecule has 0 saturated carbocycles. The molecule has 0 spiro atoms. The van der Waals surface area contributed by atoms with E-state index in [-0.39, 0.29) is 23.4 Å². The average molecular weight is 501 g/mol. The van der Waals surface area contributed by atoms with Crippen LogP contribution in [0.3, 0.4) is 0 Å². The number of carboxylic acids is 2. The van der Waals surface area contributed by atoms with E-state index in [0.717, 1.165) is 24.5 Å². The molecular weight excluding hydrogens is 483 g/mol. The van der Waals surface area contributed by atoms with Crippen molar-refractivity contribution in [1.29, 1.82) is 0 Å². The van der Waals surface area contributed by atoms with Crippen LogP contribution in [-0.4, -0.2) is 46.6 Å². The van der Waals surface area contributed by atoms with Gasteiger partial charge in [-0.3, -0.25) is 0 Å². The molecule has 14 heteroatoms. The van der Waals surface area contributed by atoms with Gasteiger partial charge in [0.25, 0.3) is 0 Å². The molecule has 3 heterocycles. The van der Waals surface area contributed by atoms with Crippen LogP contribution in [0.2, 0.25) is 0 Å². The van der Waals surface area contributed by atoms with Crippen molar-refractivity contribution in [2.45, 2.75) is 18.3 Å². The van der Waals surface area contributed by atoms with Crippen molar-refractivity contribution in [2.24, 2.45) is 0 Å². The summed E-state index contributed by atoms with van der Waals surface area (Å²) >= 11 is 0. The van der Waals surface area contributed by atoms with Gasteiger partial charge >= 0.3 is 22.0 Å². The molecule has 10 nitrogen and oxygen atoms in total. The van der Waals surface area contributed by atoms with E-state index in [0.29, 0.717) is 16.1 Å². The van der Waals surface area contributed by atoms with Crippen LogP contribution in [0.5, 0.6) is 0 Å². The van der Waals surface area contributed by atoms with E-state index < -0.39 is 51.2 Å². The second-order valence-electron chi connectivity index (χ2n) is 6.35. The van der Waals surface area contributed by atoms with Crippen molar-refractivity contribution in [1.82, 2.24) is 14.3 Å². The first-order valence-corrected chi connectivity index (χ1v) is 10.7. The average Bonchev–Trinajstić information content (AvgIpc) is 3.40. The number of alkyl halides is 1. The molecule has 34 heavy (non-hydrogen) atoms. The van der Waals surface area contributed by atoms with Gasteiger partial charge in [0, 0.05) is 36.7 Å². The fourth-order valence-electron chi connectivity index (χ4n) is 2.62. The lowest BCUT2D eigenvalue weighted by atomic mass is 10.2. The zero-order chi connectivity index (χ0) is 25.5. The molecule has 182 valence electrons. The molecule has 3 aromatic heterocycles. The van der Waals surface area contributed by atoms with Gasteiger partial charge in [0.1, 0.15) is 18.1 Å². The lowest BCUT2D eigenvalue weighted by molar-refractivity contribution is -0.134. The topological polar surface area (TPSA) is 152 Å². The first kappa shape index (κ1) is 26.3. The Morgan fingerprint density at radius 1 is 1.18 bits per heavy atom. The molecule has 0 atom stereocenters. The zero-order valence-electron chi connectivity index (χ0n) is 17.4. The maximum Gasteiger partial charge on any atom is 0.328 e. The molecular formula is C20H18F3N3O7S. The number of hydrogen-bond acceptors (Lipinski definition) is 7. The minimum absolute atomic E-state index is 0.00611. The van der Waals surface area contributed by atoms with Crippen molar-refractivity contribution in [3.05, 3.63) is 71.9 Å². The Labute approximate surface area is 191 Å². The molecule has 0 aliphatic heterocycles. The summed E-state index contributed by atoms with van der Waals surface area (Å²) in [6, 6.07) is 4.79. The highest BCUT2D eigenvalue weighted by Gasteiger charge is 2.30. The Hall–Kier alpha value is -3.91. The second-order valence-corrected chi connectivity index (χ2v) is 8.10. The molecule has 3 aromatic rings. The van der Waals surface area contributed by atoms with Crippen LogP contribution in [0, 0.1) is 11.8 Å². The number of aromatic nitrogens is 2. The van der Waals surface area contributed by atoms with Gasteiger partial charge in [-0.1, -0.05) is 0 Å². The summed E-state index contributed by atoms with van der Waals surface area (Å²) in [5.74, 6) is -4.64. The van der Waals surface area contributed by atoms with Gasteiger partial charge in [-0.05, 0) is 31.3 Å². The van der Waals surface area contributed by atoms with Crippen LogP contribution in [-0.2, 0) is 32.8 Å². The second kappa shape index (κ2) is 11.3. The van der Waals surface area contributed by atoms with Gasteiger partial charge in [-0.2, -0.15) is 12.8 Å². The highest BCUT2D eigenvalue weighted by atomic mass is 32.2. The van der Waals surface area contributed by atoms with Gasteiger partial charge in [0.2, 0.25) is 11.0 Å². The number of rotatable bonds is 8. The van der Waals surface area contributed by atoms with Gasteiger partial charge in [0.05, 0.1) is 5.56 Å². The number of hydrogen-bond donors (Lipinski definition) is 3. The highest BCUT2D eigenvalue weighted by Crippen LogP contribution is 2.32. The van der Waals surface area contributed by atoms with Crippen molar-refractivity contribution in [2.75, 3.05) is 7.05 Å². The first-order chi connectivity index (χ1) is 16.0. The fourth-order valence-corrected chi connectivity index (χ4v) is 3.95. The van der Waals surface area contributed by atoms with E-state index in [4.69, 9.17) is 14.6 Å². The minimum Gasteiger partial charge on any atom is -0.478 e. The molecule has 0 unspecified atom stereocenters. The van der Waals surface area contributed by atoms with Crippen LogP contribution in [0.1, 0.15) is 11.3 Å². The predicted molar refractivity (Wildman–Crippen MR) is 111 cm³/mol. The Kier molecular flexibility index (Phi) is 8.75. The Bertz CT molecular complexity index is 1300. The van der Waals surface area contributed by atoms with Crippen molar-refractivity contribution >= 4 is 22.0 Å². The summed E-state index contributed by atoms with van der Waals surface area (Å²) in [7, 11) is -2.87. The largest absolute Gasteiger partial charge is 0.478 e. The van der Waals surface area contributed by atoms with Gasteiger partial charge < -0.3 is 19.9 Å². The number of furan rings is 1. The van der Waals surface area contributed by atoms with Crippen LogP contribution >= 0.6 is 0 Å². The molecule has 0 aromatic carbocycles. The van der Waals surface area contributed by atoms with E-state index in [1.54, 1.807) is 7.05 Å². The highest BCUT2D eigenvalue weighted by molar-refractivity contribution is 7.89. The monoisotopic (exact) mass is 501 g/mol. The van der Waals surface area contributed by atoms with E-state index >= 15 is 0 Å². The maximum absolute atomic E-state index is 14.9. The normalized spacial score (nSPS) is 11.3. The van der Waals surface area contributed by atoms with E-state index in [2.05, 4.69) is 10.3 Å². The van der Waals surface area contributed by atoms with Gasteiger partial charge in [-0.15, -0.1) is 0 Å². The van der Waals surface area contributed by atoms with Crippen LogP contribution in [0.15, 0.2) is 58.3 Å². The van der Waals surface area contributed by atoms with E-state index in [1.807, 2.05) is 0 Å². The van der Waals surface area contributed by atoms with Crippen molar-refractivity contribution < 1.29 is 45.8 Å². The molecule has 3 rings (SSSR count). The number of carboxylic acid groups (broad SMARTS) is 2. The van der Waals surface area contributed by atoms with Crippen molar-refractivity contribution in [3.8, 4) is 11.3 Å². The minimum atomic E-state index is -4.42. The zero-order valence-corrected chi connectivity index (χ0v) is 18.2. The molecule has 3 N–H and O–H groups in total. The fraction of sp³-hybridized carbons (Fsp3) is 0.150. The molecule has 0 radical (unpaired) electrons. The van der Waals surface area contributed by atoms with Crippen molar-refractivity contribution in [3.63, 3.8) is 0 Å². The molecule has 0 aliphatic carbocycles. The molecule has 0 aliphatic rings. The quantitative estimate of drug-likeness (QED) is 0.312. The standard InChI is InChI=1S/C16H14F3N3O3S.C4H4O4/c1-20-8-10-9-22(26(23,24)13-5-4-11(7-17)25-13)15(14(10)18)12-3-2-6-21-16(12)19;5-3(6)1-2-4(7)8/h2-6,9,20H,7-8H2,1H3;1-2H,(H,5,6)(H,7,8)/b;2-1+. The molecule has 0 saturated heterocycles. The Morgan fingerprint density at radius 3 is 2.32 bits per heavy atom. The maximum atomic E-state index is 14.9. The summed E-state index contributed by atoms with van der Waals surface area (Å²) in [5.41, 5.74) is -0.834. The van der Waals surface area contributed by atoms with Crippen LogP contribution < -0.4 is 5.32 Å². The SMILES string of the molecule is CNCc1cn(S(=O)(=O)c2ccc(CF)o2)c(-c2cccnc2F)c1F.O=C(O)/C=C/C(=O)O. The van der Waals surface area contributed by atoms with E-state index in [1.165, 1.54) is 12.1 Å². The number of aliphatic carboxylic acids is 2. The third kappa shape index (κ3) is 6.11. The summed E-state index contributed by atoms with van der Waals surface area (Å²) < 4.78 is 72.9. The third-order valence-corrected chi connectivity index (χ3v) is 5.55. The number of carbonyl (C=O) groups is 2. The first-order valence-electron chi connectivity index (χ1n) is 9.22. The smallest absolute Gasteiger partial charge is 0.328 e. The third-order valence-electron chi connectivity index (χ3n) is 4.02. The molecule has 0 fully saturated rings. The predicted octanol–water partition coefficient (Wildman–Crippen LogP) is 2.56. The lowest BCUT2D eigenvalue weighted by Gasteiger charge is -2.09. The van der Waals surface area contributed by atoms with E-state index in [9.17, 15) is 31.2 Å². The lowest BCUT2D eigenvalue weighted by Crippen LogP contribution is -2.13. The summed E-state index contributed by atoms with van der Waals surface area (Å²) in [4.78, 5) is 22.5. The van der Waals surface area contributed by atoms with Gasteiger partial charge in [-0.25, -0.2) is 27.3 Å². The molecule has 0 bridgehead atoms. The number of nitrogens with zero attached hydrogens (tertiary/aromatic N) is 2. The number of nitrogens with one attached hydrogen (secondary N) is 1. The summed E-state index contributed by atoms with van der Waals surface area (Å²) in [6.45, 7) is -0.984. The van der Waals surface area contributed by atoms with Gasteiger partial charge in [0.15, 0.2) is 5.82 Å². The van der Waals surface area contributed by atoms with Crippen LogP contribution in [0.25, 0.3) is 11.3 Å². The Morgan fingerprint density at radius 2 is 1.82 bits per heavy atom. The number of halogens is 3. The van der Waals surface area contributed by atoms with Crippen LogP contribution in [0.4, 0.5) is 13.2 Å².